The smallest absolute Gasteiger partial charge is 0.267 e. The van der Waals surface area contributed by atoms with Crippen molar-refractivity contribution in [3.8, 4) is 0 Å². The van der Waals surface area contributed by atoms with Gasteiger partial charge in [-0.1, -0.05) is 60.4 Å². The Balaban J connectivity index is 1.47. The molecule has 0 bridgehead atoms. The summed E-state index contributed by atoms with van der Waals surface area (Å²) in [5, 5.41) is 0. The van der Waals surface area contributed by atoms with Gasteiger partial charge in [0.1, 0.15) is 15.8 Å². The third-order valence-corrected chi connectivity index (χ3v) is 7.95. The van der Waals surface area contributed by atoms with E-state index in [1.165, 1.54) is 22.2 Å². The van der Waals surface area contributed by atoms with Crippen LogP contribution in [-0.4, -0.2) is 75.9 Å². The fourth-order valence-corrected chi connectivity index (χ4v) is 5.87. The number of nitrogens with zero attached hydrogens (tertiary/aromatic N) is 5. The van der Waals surface area contributed by atoms with Gasteiger partial charge in [-0.05, 0) is 30.2 Å². The highest BCUT2D eigenvalue weighted by molar-refractivity contribution is 8.26. The first-order valence-electron chi connectivity index (χ1n) is 12.2. The Labute approximate surface area is 225 Å². The molecule has 0 radical (unpaired) electrons. The molecule has 0 unspecified atom stereocenters. The first kappa shape index (κ1) is 25.6. The normalized spacial score (nSPS) is 17.9. The number of ether oxygens (including phenoxy) is 1. The van der Waals surface area contributed by atoms with Crippen LogP contribution in [0.3, 0.4) is 0 Å². The fourth-order valence-electron chi connectivity index (χ4n) is 4.58. The van der Waals surface area contributed by atoms with Crippen molar-refractivity contribution < 1.29 is 9.53 Å². The van der Waals surface area contributed by atoms with Gasteiger partial charge in [0.2, 0.25) is 0 Å². The number of methoxy groups -OCH3 is 1. The van der Waals surface area contributed by atoms with Gasteiger partial charge in [0.15, 0.2) is 0 Å². The Morgan fingerprint density at radius 3 is 2.57 bits per heavy atom. The summed E-state index contributed by atoms with van der Waals surface area (Å²) in [6.07, 6.45) is 3.45. The molecule has 4 heterocycles. The van der Waals surface area contributed by atoms with E-state index in [0.717, 1.165) is 38.3 Å². The first-order chi connectivity index (χ1) is 17.9. The van der Waals surface area contributed by atoms with Crippen molar-refractivity contribution >= 4 is 51.7 Å². The van der Waals surface area contributed by atoms with Crippen LogP contribution in [0.5, 0.6) is 0 Å². The van der Waals surface area contributed by atoms with Crippen LogP contribution in [0.15, 0.2) is 58.4 Å². The van der Waals surface area contributed by atoms with Gasteiger partial charge in [-0.15, -0.1) is 0 Å². The summed E-state index contributed by atoms with van der Waals surface area (Å²) in [7, 11) is 1.59. The van der Waals surface area contributed by atoms with Gasteiger partial charge in [0.05, 0.1) is 23.6 Å². The van der Waals surface area contributed by atoms with Crippen LogP contribution in [0.25, 0.3) is 11.7 Å². The van der Waals surface area contributed by atoms with Crippen molar-refractivity contribution in [2.75, 3.05) is 51.3 Å². The number of pyridine rings is 1. The maximum Gasteiger partial charge on any atom is 0.267 e. The molecule has 2 fully saturated rings. The standard InChI is InChI=1S/C27H29N5O3S2/c1-19-8-9-23-28-24(30-12-10-29(11-13-30)18-20-6-4-3-5-7-20)21(25(33)32(23)17-19)16-22-26(34)31(14-15-35-2)27(36)37-22/h3-9,16-17H,10-15,18H2,1-2H3. The number of thiocarbonyl (C=S) groups is 1. The molecule has 1 aromatic carbocycles. The van der Waals surface area contributed by atoms with Crippen LogP contribution in [-0.2, 0) is 16.1 Å². The van der Waals surface area contributed by atoms with Crippen LogP contribution in [0.2, 0.25) is 0 Å². The monoisotopic (exact) mass is 535 g/mol. The minimum atomic E-state index is -0.209. The number of carbonyl (C=O) groups is 1. The summed E-state index contributed by atoms with van der Waals surface area (Å²) in [5.74, 6) is 0.398. The Morgan fingerprint density at radius 2 is 1.84 bits per heavy atom. The van der Waals surface area contributed by atoms with E-state index in [1.807, 2.05) is 25.1 Å². The van der Waals surface area contributed by atoms with Crippen LogP contribution in [0.4, 0.5) is 5.82 Å². The van der Waals surface area contributed by atoms with Gasteiger partial charge in [0, 0.05) is 46.0 Å². The van der Waals surface area contributed by atoms with E-state index in [0.29, 0.717) is 39.4 Å². The highest BCUT2D eigenvalue weighted by Crippen LogP contribution is 2.33. The van der Waals surface area contributed by atoms with Crippen LogP contribution in [0.1, 0.15) is 16.7 Å². The third-order valence-electron chi connectivity index (χ3n) is 6.57. The number of piperazine rings is 1. The second-order valence-corrected chi connectivity index (χ2v) is 10.8. The molecule has 0 aliphatic carbocycles. The summed E-state index contributed by atoms with van der Waals surface area (Å²) in [4.78, 5) is 38.2. The van der Waals surface area contributed by atoms with Crippen molar-refractivity contribution in [1.82, 2.24) is 19.2 Å². The molecule has 2 aliphatic heterocycles. The number of benzene rings is 1. The van der Waals surface area contributed by atoms with Gasteiger partial charge in [-0.2, -0.15) is 0 Å². The predicted molar refractivity (Wildman–Crippen MR) is 152 cm³/mol. The van der Waals surface area contributed by atoms with Crippen LogP contribution in [0, 0.1) is 6.92 Å². The first-order valence-corrected chi connectivity index (χ1v) is 13.5. The fraction of sp³-hybridized carbons (Fsp3) is 0.333. The topological polar surface area (TPSA) is 70.4 Å². The average Bonchev–Trinajstić information content (AvgIpc) is 3.17. The SMILES string of the molecule is COCCN1C(=O)C(=Cc2c(N3CCN(Cc4ccccc4)CC3)nc3ccc(C)cn3c2=O)SC1=S. The number of thioether (sulfide) groups is 1. The molecule has 192 valence electrons. The molecular weight excluding hydrogens is 506 g/mol. The van der Waals surface area contributed by atoms with Crippen molar-refractivity contribution in [2.24, 2.45) is 0 Å². The molecule has 0 atom stereocenters. The maximum atomic E-state index is 13.7. The molecule has 0 spiro atoms. The lowest BCUT2D eigenvalue weighted by molar-refractivity contribution is -0.122. The molecule has 37 heavy (non-hydrogen) atoms. The molecule has 10 heteroatoms. The third kappa shape index (κ3) is 5.47. The Bertz CT molecular complexity index is 1410. The molecule has 8 nitrogen and oxygen atoms in total. The predicted octanol–water partition coefficient (Wildman–Crippen LogP) is 3.17. The molecule has 3 aromatic rings. The van der Waals surface area contributed by atoms with E-state index in [-0.39, 0.29) is 11.5 Å². The zero-order chi connectivity index (χ0) is 25.9. The minimum Gasteiger partial charge on any atom is -0.383 e. The number of hydrogen-bond donors (Lipinski definition) is 0. The summed E-state index contributed by atoms with van der Waals surface area (Å²) < 4.78 is 7.15. The minimum absolute atomic E-state index is 0.197. The van der Waals surface area contributed by atoms with E-state index in [9.17, 15) is 9.59 Å². The zero-order valence-corrected chi connectivity index (χ0v) is 22.6. The molecule has 1 amide bonds. The van der Waals surface area contributed by atoms with Crippen molar-refractivity contribution in [2.45, 2.75) is 13.5 Å². The molecule has 2 aliphatic rings. The Kier molecular flexibility index (Phi) is 7.71. The van der Waals surface area contributed by atoms with E-state index in [2.05, 4.69) is 34.1 Å². The number of fused-ring (bicyclic) bond motifs is 1. The number of carbonyl (C=O) groups excluding carboxylic acids is 1. The van der Waals surface area contributed by atoms with E-state index < -0.39 is 0 Å². The number of anilines is 1. The van der Waals surface area contributed by atoms with Crippen LogP contribution >= 0.6 is 24.0 Å². The highest BCUT2D eigenvalue weighted by Gasteiger charge is 2.33. The van der Waals surface area contributed by atoms with Crippen molar-refractivity contribution in [1.29, 1.82) is 0 Å². The second-order valence-electron chi connectivity index (χ2n) is 9.16. The second kappa shape index (κ2) is 11.1. The summed E-state index contributed by atoms with van der Waals surface area (Å²) in [6.45, 7) is 6.75. The van der Waals surface area contributed by atoms with E-state index >= 15 is 0 Å². The number of rotatable bonds is 7. The van der Waals surface area contributed by atoms with E-state index in [1.54, 1.807) is 23.8 Å². The number of hydrogen-bond acceptors (Lipinski definition) is 8. The molecule has 0 N–H and O–H groups in total. The van der Waals surface area contributed by atoms with E-state index in [4.69, 9.17) is 21.9 Å². The summed E-state index contributed by atoms with van der Waals surface area (Å²) >= 11 is 6.64. The quantitative estimate of drug-likeness (QED) is 0.338. The van der Waals surface area contributed by atoms with Gasteiger partial charge in [0.25, 0.3) is 11.5 Å². The largest absolute Gasteiger partial charge is 0.383 e. The number of aromatic nitrogens is 2. The van der Waals surface area contributed by atoms with Gasteiger partial charge in [-0.3, -0.25) is 23.8 Å². The lowest BCUT2D eigenvalue weighted by Gasteiger charge is -2.36. The Hall–Kier alpha value is -3.05. The molecule has 0 saturated carbocycles. The average molecular weight is 536 g/mol. The van der Waals surface area contributed by atoms with Crippen molar-refractivity contribution in [3.63, 3.8) is 0 Å². The molecule has 5 rings (SSSR count). The van der Waals surface area contributed by atoms with Gasteiger partial charge in [-0.25, -0.2) is 4.98 Å². The molecule has 2 saturated heterocycles. The zero-order valence-electron chi connectivity index (χ0n) is 20.9. The summed E-state index contributed by atoms with van der Waals surface area (Å²) in [6, 6.07) is 14.2. The molecular formula is C27H29N5O3S2. The maximum absolute atomic E-state index is 13.7. The Morgan fingerprint density at radius 1 is 1.08 bits per heavy atom. The highest BCUT2D eigenvalue weighted by atomic mass is 32.2. The lowest BCUT2D eigenvalue weighted by atomic mass is 10.2. The summed E-state index contributed by atoms with van der Waals surface area (Å²) in [5.41, 5.74) is 3.03. The van der Waals surface area contributed by atoms with Gasteiger partial charge < -0.3 is 9.64 Å². The van der Waals surface area contributed by atoms with Crippen molar-refractivity contribution in [3.05, 3.63) is 80.6 Å². The molecule has 2 aromatic heterocycles. The number of amides is 1. The van der Waals surface area contributed by atoms with Crippen LogP contribution < -0.4 is 10.5 Å². The van der Waals surface area contributed by atoms with Gasteiger partial charge >= 0.3 is 0 Å². The lowest BCUT2D eigenvalue weighted by Crippen LogP contribution is -2.47. The number of aryl methyl sites for hydroxylation is 1.